The maximum atomic E-state index is 5.19. The molecule has 0 atom stereocenters. The third-order valence-corrected chi connectivity index (χ3v) is 4.03. The molecular weight excluding hydrogens is 224 g/mol. The first kappa shape index (κ1) is 14.3. The first-order chi connectivity index (χ1) is 8.90. The zero-order valence-corrected chi connectivity index (χ0v) is 12.0. The van der Waals surface area contributed by atoms with Gasteiger partial charge >= 0.3 is 0 Å². The van der Waals surface area contributed by atoms with Gasteiger partial charge in [0.1, 0.15) is 0 Å². The van der Waals surface area contributed by atoms with Crippen molar-refractivity contribution in [2.45, 2.75) is 63.5 Å². The van der Waals surface area contributed by atoms with E-state index in [1.54, 1.807) is 7.11 Å². The van der Waals surface area contributed by atoms with Gasteiger partial charge in [-0.15, -0.1) is 0 Å². The summed E-state index contributed by atoms with van der Waals surface area (Å²) < 4.78 is 5.19. The lowest BCUT2D eigenvalue weighted by molar-refractivity contribution is 0.142. The molecule has 0 aromatic heterocycles. The van der Waals surface area contributed by atoms with E-state index in [9.17, 15) is 0 Å². The van der Waals surface area contributed by atoms with Gasteiger partial charge in [-0.05, 0) is 51.6 Å². The molecule has 0 aromatic carbocycles. The van der Waals surface area contributed by atoms with Crippen molar-refractivity contribution in [2.24, 2.45) is 0 Å². The quantitative estimate of drug-likeness (QED) is 0.541. The summed E-state index contributed by atoms with van der Waals surface area (Å²) in [7, 11) is 1.80. The van der Waals surface area contributed by atoms with Crippen LogP contribution in [0.15, 0.2) is 0 Å². The van der Waals surface area contributed by atoms with Gasteiger partial charge in [0.15, 0.2) is 0 Å². The van der Waals surface area contributed by atoms with Crippen molar-refractivity contribution in [1.82, 2.24) is 10.2 Å². The Morgan fingerprint density at radius 2 is 1.78 bits per heavy atom. The fraction of sp³-hybridized carbons (Fsp3) is 1.00. The number of nitrogens with one attached hydrogen (secondary N) is 1. The summed E-state index contributed by atoms with van der Waals surface area (Å²) in [6, 6.07) is 1.76. The maximum absolute atomic E-state index is 5.19. The second kappa shape index (κ2) is 8.13. The SMILES string of the molecule is COCCN(CCCCCCNC1CC1)C1CC1. The molecule has 3 nitrogen and oxygen atoms in total. The average molecular weight is 254 g/mol. The normalized spacial score (nSPS) is 19.7. The van der Waals surface area contributed by atoms with Crippen molar-refractivity contribution >= 4 is 0 Å². The number of ether oxygens (including phenoxy) is 1. The van der Waals surface area contributed by atoms with E-state index in [0.29, 0.717) is 0 Å². The van der Waals surface area contributed by atoms with E-state index in [0.717, 1.165) is 25.2 Å². The number of rotatable bonds is 12. The maximum Gasteiger partial charge on any atom is 0.0589 e. The van der Waals surface area contributed by atoms with Gasteiger partial charge in [0.2, 0.25) is 0 Å². The summed E-state index contributed by atoms with van der Waals surface area (Å²) in [6.45, 7) is 4.54. The molecule has 2 saturated carbocycles. The number of nitrogens with zero attached hydrogens (tertiary/aromatic N) is 1. The van der Waals surface area contributed by atoms with E-state index in [1.807, 2.05) is 0 Å². The molecule has 0 bridgehead atoms. The Bertz CT molecular complexity index is 215. The summed E-state index contributed by atoms with van der Waals surface area (Å²) in [5.41, 5.74) is 0. The van der Waals surface area contributed by atoms with Crippen molar-refractivity contribution in [3.63, 3.8) is 0 Å². The first-order valence-electron chi connectivity index (χ1n) is 7.86. The molecule has 2 fully saturated rings. The molecule has 0 radical (unpaired) electrons. The summed E-state index contributed by atoms with van der Waals surface area (Å²) in [5, 5.41) is 3.59. The summed E-state index contributed by atoms with van der Waals surface area (Å²) in [6.07, 6.45) is 11.2. The molecule has 18 heavy (non-hydrogen) atoms. The zero-order chi connectivity index (χ0) is 12.6. The lowest BCUT2D eigenvalue weighted by atomic mass is 10.2. The Balaban J connectivity index is 1.40. The molecule has 2 aliphatic carbocycles. The van der Waals surface area contributed by atoms with Crippen LogP contribution in [0, 0.1) is 0 Å². The van der Waals surface area contributed by atoms with E-state index >= 15 is 0 Å². The predicted molar refractivity (Wildman–Crippen MR) is 76.0 cm³/mol. The van der Waals surface area contributed by atoms with E-state index in [4.69, 9.17) is 4.74 Å². The van der Waals surface area contributed by atoms with Crippen LogP contribution in [0.25, 0.3) is 0 Å². The molecule has 2 aliphatic rings. The summed E-state index contributed by atoms with van der Waals surface area (Å²) in [5.74, 6) is 0. The van der Waals surface area contributed by atoms with E-state index in [2.05, 4.69) is 10.2 Å². The highest BCUT2D eigenvalue weighted by atomic mass is 16.5. The van der Waals surface area contributed by atoms with Gasteiger partial charge in [0, 0.05) is 25.7 Å². The van der Waals surface area contributed by atoms with Crippen LogP contribution in [-0.2, 0) is 4.74 Å². The topological polar surface area (TPSA) is 24.5 Å². The van der Waals surface area contributed by atoms with Crippen LogP contribution >= 0.6 is 0 Å². The second-order valence-corrected chi connectivity index (χ2v) is 5.90. The van der Waals surface area contributed by atoms with Gasteiger partial charge in [-0.3, -0.25) is 4.90 Å². The van der Waals surface area contributed by atoms with Crippen molar-refractivity contribution in [1.29, 1.82) is 0 Å². The Morgan fingerprint density at radius 3 is 2.44 bits per heavy atom. The molecule has 1 N–H and O–H groups in total. The lowest BCUT2D eigenvalue weighted by Crippen LogP contribution is -2.30. The monoisotopic (exact) mass is 254 g/mol. The summed E-state index contributed by atoms with van der Waals surface area (Å²) in [4.78, 5) is 2.63. The summed E-state index contributed by atoms with van der Waals surface area (Å²) >= 11 is 0. The smallest absolute Gasteiger partial charge is 0.0589 e. The Hall–Kier alpha value is -0.120. The van der Waals surface area contributed by atoms with Gasteiger partial charge < -0.3 is 10.1 Å². The third kappa shape index (κ3) is 6.17. The van der Waals surface area contributed by atoms with Crippen molar-refractivity contribution < 1.29 is 4.74 Å². The molecule has 0 saturated heterocycles. The van der Waals surface area contributed by atoms with Crippen LogP contribution in [0.1, 0.15) is 51.4 Å². The van der Waals surface area contributed by atoms with Gasteiger partial charge in [0.05, 0.1) is 6.61 Å². The number of methoxy groups -OCH3 is 1. The molecule has 0 amide bonds. The zero-order valence-electron chi connectivity index (χ0n) is 12.0. The van der Waals surface area contributed by atoms with E-state index in [-0.39, 0.29) is 0 Å². The number of hydrogen-bond donors (Lipinski definition) is 1. The lowest BCUT2D eigenvalue weighted by Gasteiger charge is -2.21. The highest BCUT2D eigenvalue weighted by Gasteiger charge is 2.27. The average Bonchev–Trinajstić information content (AvgIpc) is 3.25. The minimum atomic E-state index is 0.879. The van der Waals surface area contributed by atoms with Gasteiger partial charge in [0.25, 0.3) is 0 Å². The largest absolute Gasteiger partial charge is 0.383 e. The Morgan fingerprint density at radius 1 is 1.00 bits per heavy atom. The molecule has 0 unspecified atom stereocenters. The third-order valence-electron chi connectivity index (χ3n) is 4.03. The van der Waals surface area contributed by atoms with Crippen molar-refractivity contribution in [2.75, 3.05) is 33.4 Å². The molecular formula is C15H30N2O. The predicted octanol–water partition coefficient (Wildman–Crippen LogP) is 2.41. The Kier molecular flexibility index (Phi) is 6.46. The van der Waals surface area contributed by atoms with Crippen molar-refractivity contribution in [3.8, 4) is 0 Å². The highest BCUT2D eigenvalue weighted by Crippen LogP contribution is 2.26. The highest BCUT2D eigenvalue weighted by molar-refractivity contribution is 4.84. The van der Waals surface area contributed by atoms with Crippen LogP contribution in [0.3, 0.4) is 0 Å². The van der Waals surface area contributed by atoms with Crippen LogP contribution in [0.2, 0.25) is 0 Å². The first-order valence-corrected chi connectivity index (χ1v) is 7.86. The molecule has 3 heteroatoms. The van der Waals surface area contributed by atoms with E-state index < -0.39 is 0 Å². The van der Waals surface area contributed by atoms with Crippen molar-refractivity contribution in [3.05, 3.63) is 0 Å². The standard InChI is InChI=1S/C15H30N2O/c1-18-13-12-17(15-8-9-15)11-5-3-2-4-10-16-14-6-7-14/h14-16H,2-13H2,1H3. The van der Waals surface area contributed by atoms with E-state index in [1.165, 1.54) is 64.5 Å². The fourth-order valence-corrected chi connectivity index (χ4v) is 2.51. The van der Waals surface area contributed by atoms with Crippen LogP contribution in [-0.4, -0.2) is 50.3 Å². The second-order valence-electron chi connectivity index (χ2n) is 5.90. The minimum Gasteiger partial charge on any atom is -0.383 e. The fourth-order valence-electron chi connectivity index (χ4n) is 2.51. The molecule has 0 aromatic rings. The molecule has 0 aliphatic heterocycles. The van der Waals surface area contributed by atoms with Gasteiger partial charge in [-0.1, -0.05) is 12.8 Å². The Labute approximate surface area is 112 Å². The number of unbranched alkanes of at least 4 members (excludes halogenated alkanes) is 3. The molecule has 0 heterocycles. The van der Waals surface area contributed by atoms with Crippen LogP contribution < -0.4 is 5.32 Å². The minimum absolute atomic E-state index is 0.879. The van der Waals surface area contributed by atoms with Gasteiger partial charge in [-0.25, -0.2) is 0 Å². The van der Waals surface area contributed by atoms with Gasteiger partial charge in [-0.2, -0.15) is 0 Å². The molecule has 2 rings (SSSR count). The van der Waals surface area contributed by atoms with Crippen LogP contribution in [0.4, 0.5) is 0 Å². The molecule has 106 valence electrons. The number of hydrogen-bond acceptors (Lipinski definition) is 3. The molecule has 0 spiro atoms. The van der Waals surface area contributed by atoms with Crippen LogP contribution in [0.5, 0.6) is 0 Å².